The van der Waals surface area contributed by atoms with Gasteiger partial charge in [-0.3, -0.25) is 4.98 Å². The minimum atomic E-state index is 0.420. The zero-order valence-corrected chi connectivity index (χ0v) is 12.5. The van der Waals surface area contributed by atoms with Crippen LogP contribution in [0.5, 0.6) is 0 Å². The van der Waals surface area contributed by atoms with Gasteiger partial charge in [0.05, 0.1) is 5.51 Å². The quantitative estimate of drug-likeness (QED) is 0.823. The maximum absolute atomic E-state index is 4.17. The zero-order valence-electron chi connectivity index (χ0n) is 11.7. The van der Waals surface area contributed by atoms with Crippen LogP contribution in [0.15, 0.2) is 42.0 Å². The molecule has 0 aliphatic heterocycles. The highest BCUT2D eigenvalue weighted by atomic mass is 32.1. The summed E-state index contributed by atoms with van der Waals surface area (Å²) in [7, 11) is 0. The van der Waals surface area contributed by atoms with E-state index in [0.717, 1.165) is 19.4 Å². The van der Waals surface area contributed by atoms with Crippen molar-refractivity contribution in [2.45, 2.75) is 32.7 Å². The number of hydrogen-bond acceptors (Lipinski definition) is 3. The van der Waals surface area contributed by atoms with Crippen molar-refractivity contribution in [2.24, 2.45) is 5.92 Å². The Bertz CT molecular complexity index is 453. The van der Waals surface area contributed by atoms with Crippen molar-refractivity contribution in [3.05, 3.63) is 52.5 Å². The van der Waals surface area contributed by atoms with Crippen molar-refractivity contribution < 1.29 is 0 Å². The second kappa shape index (κ2) is 7.41. The molecule has 1 aromatic heterocycles. The number of hydrogen-bond donors (Lipinski definition) is 1. The first-order valence-electron chi connectivity index (χ1n) is 6.97. The summed E-state index contributed by atoms with van der Waals surface area (Å²) in [6.45, 7) is 5.59. The molecule has 0 aliphatic carbocycles. The first-order valence-corrected chi connectivity index (χ1v) is 7.85. The monoisotopic (exact) mass is 274 g/mol. The lowest BCUT2D eigenvalue weighted by Crippen LogP contribution is -2.28. The van der Waals surface area contributed by atoms with Gasteiger partial charge in [-0.25, -0.2) is 0 Å². The fourth-order valence-electron chi connectivity index (χ4n) is 2.39. The van der Waals surface area contributed by atoms with E-state index >= 15 is 0 Å². The van der Waals surface area contributed by atoms with Gasteiger partial charge in [-0.2, -0.15) is 0 Å². The Balaban J connectivity index is 2.08. The van der Waals surface area contributed by atoms with Gasteiger partial charge in [0.25, 0.3) is 0 Å². The summed E-state index contributed by atoms with van der Waals surface area (Å²) in [6, 6.07) is 11.2. The maximum Gasteiger partial charge on any atom is 0.0794 e. The van der Waals surface area contributed by atoms with Crippen LogP contribution in [0.4, 0.5) is 0 Å². The van der Waals surface area contributed by atoms with E-state index in [2.05, 4.69) is 54.5 Å². The first kappa shape index (κ1) is 14.2. The van der Waals surface area contributed by atoms with Crippen molar-refractivity contribution in [2.75, 3.05) is 6.54 Å². The average molecular weight is 274 g/mol. The highest BCUT2D eigenvalue weighted by Crippen LogP contribution is 2.26. The highest BCUT2D eigenvalue weighted by molar-refractivity contribution is 7.09. The van der Waals surface area contributed by atoms with Crippen LogP contribution >= 0.6 is 11.3 Å². The molecule has 0 radical (unpaired) electrons. The summed E-state index contributed by atoms with van der Waals surface area (Å²) in [5.41, 5.74) is 3.30. The normalized spacial score (nSPS) is 14.2. The van der Waals surface area contributed by atoms with E-state index in [9.17, 15) is 0 Å². The third-order valence-corrected chi connectivity index (χ3v) is 4.15. The van der Waals surface area contributed by atoms with E-state index in [1.54, 1.807) is 11.3 Å². The molecule has 0 fully saturated rings. The fourth-order valence-corrected chi connectivity index (χ4v) is 3.12. The molecule has 0 saturated heterocycles. The van der Waals surface area contributed by atoms with Gasteiger partial charge < -0.3 is 5.32 Å². The number of rotatable bonds is 7. The largest absolute Gasteiger partial charge is 0.310 e. The highest BCUT2D eigenvalue weighted by Gasteiger charge is 2.19. The molecular weight excluding hydrogens is 252 g/mol. The van der Waals surface area contributed by atoms with Crippen LogP contribution in [0.25, 0.3) is 0 Å². The van der Waals surface area contributed by atoms with E-state index in [1.807, 2.05) is 11.7 Å². The Morgan fingerprint density at radius 2 is 2.05 bits per heavy atom. The number of aromatic nitrogens is 1. The minimum Gasteiger partial charge on any atom is -0.310 e. The molecule has 2 unspecified atom stereocenters. The van der Waals surface area contributed by atoms with E-state index in [0.29, 0.717) is 12.0 Å². The Morgan fingerprint density at radius 1 is 1.26 bits per heavy atom. The van der Waals surface area contributed by atoms with Crippen LogP contribution < -0.4 is 5.32 Å². The molecule has 1 N–H and O–H groups in total. The van der Waals surface area contributed by atoms with Gasteiger partial charge in [0, 0.05) is 17.1 Å². The standard InChI is InChI=1S/C16H22N2S/c1-3-9-18-16(14-7-5-4-6-8-14)13(2)10-15-11-17-12-19-15/h4-8,11-13,16,18H,3,9-10H2,1-2H3. The molecule has 102 valence electrons. The van der Waals surface area contributed by atoms with Crippen LogP contribution in [-0.4, -0.2) is 11.5 Å². The molecule has 0 amide bonds. The lowest BCUT2D eigenvalue weighted by atomic mass is 9.91. The first-order chi connectivity index (χ1) is 9.31. The summed E-state index contributed by atoms with van der Waals surface area (Å²) in [5, 5.41) is 3.68. The van der Waals surface area contributed by atoms with E-state index in [4.69, 9.17) is 0 Å². The zero-order chi connectivity index (χ0) is 13.5. The lowest BCUT2D eigenvalue weighted by molar-refractivity contribution is 0.386. The predicted molar refractivity (Wildman–Crippen MR) is 82.5 cm³/mol. The minimum absolute atomic E-state index is 0.420. The third kappa shape index (κ3) is 4.15. The number of thiazole rings is 1. The Labute approximate surface area is 119 Å². The van der Waals surface area contributed by atoms with Crippen LogP contribution in [0.3, 0.4) is 0 Å². The average Bonchev–Trinajstić information content (AvgIpc) is 2.93. The van der Waals surface area contributed by atoms with Crippen molar-refractivity contribution >= 4 is 11.3 Å². The molecule has 1 aromatic carbocycles. The topological polar surface area (TPSA) is 24.9 Å². The van der Waals surface area contributed by atoms with Crippen molar-refractivity contribution in [1.82, 2.24) is 10.3 Å². The van der Waals surface area contributed by atoms with Gasteiger partial charge >= 0.3 is 0 Å². The van der Waals surface area contributed by atoms with Crippen LogP contribution in [0.1, 0.15) is 36.8 Å². The molecule has 1 heterocycles. The summed E-state index contributed by atoms with van der Waals surface area (Å²) in [6.07, 6.45) is 4.24. The Kier molecular flexibility index (Phi) is 5.55. The molecule has 19 heavy (non-hydrogen) atoms. The molecule has 0 spiro atoms. The molecule has 2 aromatic rings. The summed E-state index contributed by atoms with van der Waals surface area (Å²) < 4.78 is 0. The van der Waals surface area contributed by atoms with Crippen molar-refractivity contribution in [3.8, 4) is 0 Å². The molecule has 0 saturated carbocycles. The summed E-state index contributed by atoms with van der Waals surface area (Å²) >= 11 is 1.75. The Hall–Kier alpha value is -1.19. The SMILES string of the molecule is CCCNC(c1ccccc1)C(C)Cc1cncs1. The number of nitrogens with zero attached hydrogens (tertiary/aromatic N) is 1. The number of benzene rings is 1. The summed E-state index contributed by atoms with van der Waals surface area (Å²) in [5.74, 6) is 0.564. The van der Waals surface area contributed by atoms with Crippen LogP contribution in [0, 0.1) is 5.92 Å². The van der Waals surface area contributed by atoms with Crippen molar-refractivity contribution in [1.29, 1.82) is 0 Å². The maximum atomic E-state index is 4.17. The van der Waals surface area contributed by atoms with Gasteiger partial charge in [0.15, 0.2) is 0 Å². The third-order valence-electron chi connectivity index (χ3n) is 3.35. The number of nitrogens with one attached hydrogen (secondary N) is 1. The molecular formula is C16H22N2S. The van der Waals surface area contributed by atoms with Gasteiger partial charge in [0.2, 0.25) is 0 Å². The molecule has 3 heteroatoms. The molecule has 2 nitrogen and oxygen atoms in total. The predicted octanol–water partition coefficient (Wildman–Crippen LogP) is 4.06. The molecule has 2 rings (SSSR count). The fraction of sp³-hybridized carbons (Fsp3) is 0.438. The van der Waals surface area contributed by atoms with Gasteiger partial charge in [-0.15, -0.1) is 11.3 Å². The van der Waals surface area contributed by atoms with Gasteiger partial charge in [0.1, 0.15) is 0 Å². The van der Waals surface area contributed by atoms with Crippen LogP contribution in [0.2, 0.25) is 0 Å². The van der Waals surface area contributed by atoms with E-state index in [1.165, 1.54) is 10.4 Å². The van der Waals surface area contributed by atoms with Gasteiger partial charge in [-0.1, -0.05) is 44.2 Å². The lowest BCUT2D eigenvalue weighted by Gasteiger charge is -2.25. The van der Waals surface area contributed by atoms with Crippen molar-refractivity contribution in [3.63, 3.8) is 0 Å². The van der Waals surface area contributed by atoms with Crippen LogP contribution in [-0.2, 0) is 6.42 Å². The second-order valence-corrected chi connectivity index (χ2v) is 5.96. The summed E-state index contributed by atoms with van der Waals surface area (Å²) in [4.78, 5) is 5.53. The second-order valence-electron chi connectivity index (χ2n) is 4.99. The Morgan fingerprint density at radius 3 is 2.68 bits per heavy atom. The van der Waals surface area contributed by atoms with E-state index in [-0.39, 0.29) is 0 Å². The molecule has 0 bridgehead atoms. The van der Waals surface area contributed by atoms with Gasteiger partial charge in [-0.05, 0) is 30.9 Å². The van der Waals surface area contributed by atoms with E-state index < -0.39 is 0 Å². The molecule has 2 atom stereocenters. The smallest absolute Gasteiger partial charge is 0.0794 e. The molecule has 0 aliphatic rings.